The monoisotopic (exact) mass is 282 g/mol. The van der Waals surface area contributed by atoms with Gasteiger partial charge in [0.1, 0.15) is 12.4 Å². The molecule has 19 heavy (non-hydrogen) atoms. The van der Waals surface area contributed by atoms with Crippen molar-refractivity contribution in [2.45, 2.75) is 6.10 Å². The van der Waals surface area contributed by atoms with Crippen LogP contribution < -0.4 is 4.74 Å². The SMILES string of the molecule is OCC#Cc1ccc(OCCSCC(O)CO)cc1. The molecule has 0 aliphatic rings. The number of rotatable bonds is 7. The fourth-order valence-corrected chi connectivity index (χ4v) is 2.01. The summed E-state index contributed by atoms with van der Waals surface area (Å²) in [6.45, 7) is 0.198. The van der Waals surface area contributed by atoms with Crippen LogP contribution in [0.1, 0.15) is 5.56 Å². The highest BCUT2D eigenvalue weighted by Gasteiger charge is 2.01. The van der Waals surface area contributed by atoms with E-state index in [-0.39, 0.29) is 13.2 Å². The Hall–Kier alpha value is -1.19. The molecular formula is C14H18O4S. The lowest BCUT2D eigenvalue weighted by molar-refractivity contribution is 0.113. The summed E-state index contributed by atoms with van der Waals surface area (Å²) in [4.78, 5) is 0. The molecule has 0 heterocycles. The van der Waals surface area contributed by atoms with Crippen LogP contribution in [-0.2, 0) is 0 Å². The van der Waals surface area contributed by atoms with Gasteiger partial charge in [0.05, 0.1) is 19.3 Å². The van der Waals surface area contributed by atoms with E-state index in [1.807, 2.05) is 24.3 Å². The summed E-state index contributed by atoms with van der Waals surface area (Å²) in [7, 11) is 0. The van der Waals surface area contributed by atoms with E-state index in [1.54, 1.807) is 0 Å². The molecule has 0 saturated carbocycles. The molecule has 0 saturated heterocycles. The molecule has 5 heteroatoms. The minimum atomic E-state index is -0.658. The number of hydrogen-bond acceptors (Lipinski definition) is 5. The van der Waals surface area contributed by atoms with Gasteiger partial charge in [-0.15, -0.1) is 0 Å². The lowest BCUT2D eigenvalue weighted by Gasteiger charge is -2.08. The molecule has 1 aromatic rings. The van der Waals surface area contributed by atoms with Crippen LogP contribution in [0.25, 0.3) is 0 Å². The van der Waals surface area contributed by atoms with Gasteiger partial charge in [-0.1, -0.05) is 11.8 Å². The van der Waals surface area contributed by atoms with Crippen molar-refractivity contribution in [3.63, 3.8) is 0 Å². The van der Waals surface area contributed by atoms with E-state index in [1.165, 1.54) is 11.8 Å². The van der Waals surface area contributed by atoms with Gasteiger partial charge in [-0.3, -0.25) is 0 Å². The third-order valence-corrected chi connectivity index (χ3v) is 3.26. The fourth-order valence-electron chi connectivity index (χ4n) is 1.27. The molecule has 0 aliphatic heterocycles. The molecule has 1 rings (SSSR count). The summed E-state index contributed by atoms with van der Waals surface area (Å²) in [5.41, 5.74) is 0.835. The lowest BCUT2D eigenvalue weighted by atomic mass is 10.2. The fraction of sp³-hybridized carbons (Fsp3) is 0.429. The van der Waals surface area contributed by atoms with E-state index >= 15 is 0 Å². The first kappa shape index (κ1) is 15.9. The van der Waals surface area contributed by atoms with E-state index in [0.717, 1.165) is 17.1 Å². The first-order chi connectivity index (χ1) is 9.26. The Bertz CT molecular complexity index is 408. The van der Waals surface area contributed by atoms with Gasteiger partial charge in [0.25, 0.3) is 0 Å². The molecule has 1 atom stereocenters. The zero-order valence-corrected chi connectivity index (χ0v) is 11.4. The minimum absolute atomic E-state index is 0.144. The van der Waals surface area contributed by atoms with Crippen LogP contribution >= 0.6 is 11.8 Å². The molecule has 1 unspecified atom stereocenters. The van der Waals surface area contributed by atoms with Gasteiger partial charge in [0.15, 0.2) is 0 Å². The number of benzene rings is 1. The Morgan fingerprint density at radius 2 is 1.95 bits per heavy atom. The molecule has 0 aliphatic carbocycles. The van der Waals surface area contributed by atoms with Crippen molar-refractivity contribution in [2.75, 3.05) is 31.3 Å². The molecule has 0 aromatic heterocycles. The van der Waals surface area contributed by atoms with Crippen molar-refractivity contribution in [2.24, 2.45) is 0 Å². The van der Waals surface area contributed by atoms with Crippen LogP contribution in [0.3, 0.4) is 0 Å². The van der Waals surface area contributed by atoms with Crippen molar-refractivity contribution in [3.05, 3.63) is 29.8 Å². The molecule has 104 valence electrons. The number of aliphatic hydroxyl groups is 3. The summed E-state index contributed by atoms with van der Waals surface area (Å²) >= 11 is 1.53. The van der Waals surface area contributed by atoms with Crippen LogP contribution in [0.5, 0.6) is 5.75 Å². The third kappa shape index (κ3) is 7.09. The zero-order chi connectivity index (χ0) is 13.9. The Labute approximate surface area is 117 Å². The predicted molar refractivity (Wildman–Crippen MR) is 76.3 cm³/mol. The average molecular weight is 282 g/mol. The number of hydrogen-bond donors (Lipinski definition) is 3. The Kier molecular flexibility index (Phi) is 8.10. The first-order valence-corrected chi connectivity index (χ1v) is 7.11. The van der Waals surface area contributed by atoms with Gasteiger partial charge >= 0.3 is 0 Å². The maximum Gasteiger partial charge on any atom is 0.119 e. The van der Waals surface area contributed by atoms with Gasteiger partial charge < -0.3 is 20.1 Å². The highest BCUT2D eigenvalue weighted by Crippen LogP contribution is 2.12. The topological polar surface area (TPSA) is 69.9 Å². The molecular weight excluding hydrogens is 264 g/mol. The Morgan fingerprint density at radius 3 is 2.58 bits per heavy atom. The zero-order valence-electron chi connectivity index (χ0n) is 10.6. The van der Waals surface area contributed by atoms with Crippen LogP contribution in [0, 0.1) is 11.8 Å². The Balaban J connectivity index is 2.23. The van der Waals surface area contributed by atoms with Gasteiger partial charge in [0.2, 0.25) is 0 Å². The van der Waals surface area contributed by atoms with Gasteiger partial charge in [-0.2, -0.15) is 11.8 Å². The van der Waals surface area contributed by atoms with Crippen LogP contribution in [-0.4, -0.2) is 52.7 Å². The van der Waals surface area contributed by atoms with Crippen molar-refractivity contribution in [1.29, 1.82) is 0 Å². The summed E-state index contributed by atoms with van der Waals surface area (Å²) in [6.07, 6.45) is -0.658. The standard InChI is InChI=1S/C14H18O4S/c15-7-1-2-12-3-5-14(6-4-12)18-8-9-19-11-13(17)10-16/h3-6,13,15-17H,7-11H2. The second-order valence-electron chi connectivity index (χ2n) is 3.74. The summed E-state index contributed by atoms with van der Waals surface area (Å²) < 4.78 is 5.52. The molecule has 0 fully saturated rings. The maximum absolute atomic E-state index is 9.13. The molecule has 1 aromatic carbocycles. The highest BCUT2D eigenvalue weighted by atomic mass is 32.2. The van der Waals surface area contributed by atoms with Gasteiger partial charge in [-0.05, 0) is 24.3 Å². The van der Waals surface area contributed by atoms with E-state index in [2.05, 4.69) is 11.8 Å². The van der Waals surface area contributed by atoms with Gasteiger partial charge in [-0.25, -0.2) is 0 Å². The predicted octanol–water partition coefficient (Wildman–Crippen LogP) is 0.496. The highest BCUT2D eigenvalue weighted by molar-refractivity contribution is 7.99. The molecule has 0 radical (unpaired) electrons. The van der Waals surface area contributed by atoms with Crippen LogP contribution in [0.4, 0.5) is 0 Å². The van der Waals surface area contributed by atoms with Crippen molar-refractivity contribution in [1.82, 2.24) is 0 Å². The second-order valence-corrected chi connectivity index (χ2v) is 4.89. The van der Waals surface area contributed by atoms with Crippen molar-refractivity contribution < 1.29 is 20.1 Å². The smallest absolute Gasteiger partial charge is 0.119 e. The van der Waals surface area contributed by atoms with E-state index in [9.17, 15) is 0 Å². The van der Waals surface area contributed by atoms with E-state index in [0.29, 0.717) is 12.4 Å². The third-order valence-electron chi connectivity index (χ3n) is 2.18. The first-order valence-electron chi connectivity index (χ1n) is 5.95. The number of thioether (sulfide) groups is 1. The molecule has 0 spiro atoms. The molecule has 3 N–H and O–H groups in total. The molecule has 0 amide bonds. The van der Waals surface area contributed by atoms with Crippen molar-refractivity contribution >= 4 is 11.8 Å². The summed E-state index contributed by atoms with van der Waals surface area (Å²) in [6, 6.07) is 7.32. The number of aliphatic hydroxyl groups excluding tert-OH is 3. The van der Waals surface area contributed by atoms with E-state index < -0.39 is 6.10 Å². The second kappa shape index (κ2) is 9.70. The summed E-state index contributed by atoms with van der Waals surface area (Å²) in [5.74, 6) is 7.41. The quantitative estimate of drug-likeness (QED) is 0.502. The lowest BCUT2D eigenvalue weighted by Crippen LogP contribution is -2.15. The average Bonchev–Trinajstić information content (AvgIpc) is 2.45. The minimum Gasteiger partial charge on any atom is -0.493 e. The Morgan fingerprint density at radius 1 is 1.21 bits per heavy atom. The van der Waals surface area contributed by atoms with Crippen molar-refractivity contribution in [3.8, 4) is 17.6 Å². The number of ether oxygens (including phenoxy) is 1. The van der Waals surface area contributed by atoms with Crippen LogP contribution in [0.15, 0.2) is 24.3 Å². The van der Waals surface area contributed by atoms with Crippen LogP contribution in [0.2, 0.25) is 0 Å². The molecule has 0 bridgehead atoms. The maximum atomic E-state index is 9.13. The summed E-state index contributed by atoms with van der Waals surface area (Å²) in [5, 5.41) is 26.3. The van der Waals surface area contributed by atoms with E-state index in [4.69, 9.17) is 20.1 Å². The van der Waals surface area contributed by atoms with Gasteiger partial charge in [0, 0.05) is 17.1 Å². The normalized spacial score (nSPS) is 11.5. The largest absolute Gasteiger partial charge is 0.493 e. The molecule has 4 nitrogen and oxygen atoms in total.